The lowest BCUT2D eigenvalue weighted by Gasteiger charge is -2.17. The number of amides is 1. The average molecular weight is 313 g/mol. The van der Waals surface area contributed by atoms with Crippen LogP contribution in [0.5, 0.6) is 0 Å². The zero-order chi connectivity index (χ0) is 16.4. The van der Waals surface area contributed by atoms with E-state index in [2.05, 4.69) is 0 Å². The molecule has 0 radical (unpaired) electrons. The topological polar surface area (TPSA) is 46.6 Å². The summed E-state index contributed by atoms with van der Waals surface area (Å²) in [5.74, 6) is -1.46. The van der Waals surface area contributed by atoms with E-state index in [9.17, 15) is 14.0 Å². The van der Waals surface area contributed by atoms with E-state index in [0.29, 0.717) is 12.1 Å². The second-order valence-electron chi connectivity index (χ2n) is 5.46. The van der Waals surface area contributed by atoms with E-state index < -0.39 is 11.8 Å². The number of para-hydroxylation sites is 1. The fourth-order valence-corrected chi connectivity index (χ4v) is 2.61. The van der Waals surface area contributed by atoms with Gasteiger partial charge in [-0.3, -0.25) is 4.79 Å². The number of nitrogens with zero attached hydrogens (tertiary/aromatic N) is 1. The maximum atomic E-state index is 13.5. The molecule has 0 aromatic heterocycles. The molecule has 0 fully saturated rings. The molecule has 1 aliphatic heterocycles. The van der Waals surface area contributed by atoms with Crippen LogP contribution < -0.4 is 4.90 Å². The zero-order valence-electron chi connectivity index (χ0n) is 12.7. The number of hydrogen-bond donors (Lipinski definition) is 0. The Morgan fingerprint density at radius 2 is 2.00 bits per heavy atom. The SMILES string of the molecule is Cc1ccc(C(=O)OCC(=O)N2CCc3ccccc32)cc1F. The van der Waals surface area contributed by atoms with Crippen LogP contribution in [-0.4, -0.2) is 25.0 Å². The van der Waals surface area contributed by atoms with E-state index in [4.69, 9.17) is 4.74 Å². The highest BCUT2D eigenvalue weighted by Crippen LogP contribution is 2.27. The first-order valence-electron chi connectivity index (χ1n) is 7.38. The number of halogens is 1. The van der Waals surface area contributed by atoms with Gasteiger partial charge >= 0.3 is 5.97 Å². The van der Waals surface area contributed by atoms with Gasteiger partial charge in [-0.15, -0.1) is 0 Å². The summed E-state index contributed by atoms with van der Waals surface area (Å²) in [6, 6.07) is 11.7. The lowest BCUT2D eigenvalue weighted by atomic mass is 10.1. The van der Waals surface area contributed by atoms with Gasteiger partial charge in [0.15, 0.2) is 6.61 Å². The highest BCUT2D eigenvalue weighted by Gasteiger charge is 2.25. The van der Waals surface area contributed by atoms with Gasteiger partial charge in [0, 0.05) is 12.2 Å². The Morgan fingerprint density at radius 3 is 2.78 bits per heavy atom. The molecule has 0 bridgehead atoms. The number of carbonyl (C=O) groups excluding carboxylic acids is 2. The molecule has 2 aromatic rings. The molecule has 0 aliphatic carbocycles. The number of esters is 1. The fraction of sp³-hybridized carbons (Fsp3) is 0.222. The molecule has 0 spiro atoms. The molecule has 1 heterocycles. The average Bonchev–Trinajstić information content (AvgIpc) is 2.99. The highest BCUT2D eigenvalue weighted by molar-refractivity contribution is 5.98. The summed E-state index contributed by atoms with van der Waals surface area (Å²) >= 11 is 0. The van der Waals surface area contributed by atoms with Gasteiger partial charge in [0.1, 0.15) is 5.82 Å². The summed E-state index contributed by atoms with van der Waals surface area (Å²) in [6.45, 7) is 1.83. The van der Waals surface area contributed by atoms with Crippen molar-refractivity contribution < 1.29 is 18.7 Å². The third-order valence-corrected chi connectivity index (χ3v) is 3.92. The molecular weight excluding hydrogens is 297 g/mol. The minimum atomic E-state index is -0.704. The number of ether oxygens (including phenoxy) is 1. The van der Waals surface area contributed by atoms with E-state index in [1.807, 2.05) is 24.3 Å². The number of aryl methyl sites for hydroxylation is 1. The first-order valence-corrected chi connectivity index (χ1v) is 7.38. The second kappa shape index (κ2) is 6.20. The zero-order valence-corrected chi connectivity index (χ0v) is 12.7. The third-order valence-electron chi connectivity index (χ3n) is 3.92. The quantitative estimate of drug-likeness (QED) is 0.819. The molecule has 5 heteroatoms. The van der Waals surface area contributed by atoms with Crippen LogP contribution in [0.15, 0.2) is 42.5 Å². The molecule has 1 aliphatic rings. The van der Waals surface area contributed by atoms with Crippen molar-refractivity contribution in [2.45, 2.75) is 13.3 Å². The maximum Gasteiger partial charge on any atom is 0.338 e. The molecule has 0 saturated heterocycles. The van der Waals surface area contributed by atoms with E-state index in [1.54, 1.807) is 11.8 Å². The van der Waals surface area contributed by atoms with Crippen LogP contribution in [0.4, 0.5) is 10.1 Å². The van der Waals surface area contributed by atoms with Gasteiger partial charge in [0.2, 0.25) is 0 Å². The van der Waals surface area contributed by atoms with Crippen molar-refractivity contribution in [2.75, 3.05) is 18.1 Å². The Balaban J connectivity index is 1.63. The standard InChI is InChI=1S/C18H16FNO3/c1-12-6-7-14(10-15(12)19)18(22)23-11-17(21)20-9-8-13-4-2-3-5-16(13)20/h2-7,10H,8-9,11H2,1H3. The first kappa shape index (κ1) is 15.2. The van der Waals surface area contributed by atoms with Crippen LogP contribution in [0.2, 0.25) is 0 Å². The molecule has 4 nitrogen and oxygen atoms in total. The van der Waals surface area contributed by atoms with Crippen molar-refractivity contribution in [1.29, 1.82) is 0 Å². The Morgan fingerprint density at radius 1 is 1.22 bits per heavy atom. The monoisotopic (exact) mass is 313 g/mol. The summed E-state index contributed by atoms with van der Waals surface area (Å²) in [6.07, 6.45) is 0.791. The summed E-state index contributed by atoms with van der Waals surface area (Å²) in [4.78, 5) is 25.8. The number of anilines is 1. The third kappa shape index (κ3) is 3.08. The van der Waals surface area contributed by atoms with E-state index >= 15 is 0 Å². The minimum absolute atomic E-state index is 0.0997. The molecular formula is C18H16FNO3. The lowest BCUT2D eigenvalue weighted by Crippen LogP contribution is -2.33. The number of carbonyl (C=O) groups is 2. The van der Waals surface area contributed by atoms with E-state index in [-0.39, 0.29) is 18.1 Å². The number of hydrogen-bond acceptors (Lipinski definition) is 3. The van der Waals surface area contributed by atoms with Crippen molar-refractivity contribution in [1.82, 2.24) is 0 Å². The van der Waals surface area contributed by atoms with Crippen LogP contribution in [0.3, 0.4) is 0 Å². The Labute approximate surface area is 133 Å². The van der Waals surface area contributed by atoms with E-state index in [1.165, 1.54) is 12.1 Å². The Hall–Kier alpha value is -2.69. The van der Waals surface area contributed by atoms with Gasteiger partial charge < -0.3 is 9.64 Å². The normalized spacial score (nSPS) is 12.9. The van der Waals surface area contributed by atoms with Crippen molar-refractivity contribution >= 4 is 17.6 Å². The van der Waals surface area contributed by atoms with Crippen LogP contribution in [-0.2, 0) is 16.0 Å². The van der Waals surface area contributed by atoms with Crippen LogP contribution >= 0.6 is 0 Å². The largest absolute Gasteiger partial charge is 0.452 e. The molecule has 3 rings (SSSR count). The van der Waals surface area contributed by atoms with Gasteiger partial charge in [-0.2, -0.15) is 0 Å². The highest BCUT2D eigenvalue weighted by atomic mass is 19.1. The van der Waals surface area contributed by atoms with Gasteiger partial charge in [0.25, 0.3) is 5.91 Å². The maximum absolute atomic E-state index is 13.5. The molecule has 0 N–H and O–H groups in total. The van der Waals surface area contributed by atoms with E-state index in [0.717, 1.165) is 23.7 Å². The predicted octanol–water partition coefficient (Wildman–Crippen LogP) is 2.88. The fourth-order valence-electron chi connectivity index (χ4n) is 2.61. The van der Waals surface area contributed by atoms with Gasteiger partial charge in [-0.1, -0.05) is 24.3 Å². The smallest absolute Gasteiger partial charge is 0.338 e. The molecule has 0 saturated carbocycles. The van der Waals surface area contributed by atoms with Crippen molar-refractivity contribution in [3.8, 4) is 0 Å². The molecule has 118 valence electrons. The van der Waals surface area contributed by atoms with Crippen LogP contribution in [0, 0.1) is 12.7 Å². The van der Waals surface area contributed by atoms with Gasteiger partial charge in [-0.05, 0) is 42.7 Å². The minimum Gasteiger partial charge on any atom is -0.452 e. The second-order valence-corrected chi connectivity index (χ2v) is 5.46. The van der Waals surface area contributed by atoms with Crippen molar-refractivity contribution in [2.24, 2.45) is 0 Å². The first-order chi connectivity index (χ1) is 11.1. The molecule has 23 heavy (non-hydrogen) atoms. The number of rotatable bonds is 3. The molecule has 0 unspecified atom stereocenters. The molecule has 0 atom stereocenters. The Kier molecular flexibility index (Phi) is 4.10. The summed E-state index contributed by atoms with van der Waals surface area (Å²) in [5, 5.41) is 0. The van der Waals surface area contributed by atoms with Crippen molar-refractivity contribution in [3.05, 3.63) is 65.0 Å². The Bertz CT molecular complexity index is 773. The molecule has 2 aromatic carbocycles. The number of fused-ring (bicyclic) bond motifs is 1. The predicted molar refractivity (Wildman–Crippen MR) is 83.9 cm³/mol. The summed E-state index contributed by atoms with van der Waals surface area (Å²) in [7, 11) is 0. The summed E-state index contributed by atoms with van der Waals surface area (Å²) in [5.41, 5.74) is 2.51. The van der Waals surface area contributed by atoms with Gasteiger partial charge in [0.05, 0.1) is 5.56 Å². The number of benzene rings is 2. The van der Waals surface area contributed by atoms with Crippen LogP contribution in [0.1, 0.15) is 21.5 Å². The van der Waals surface area contributed by atoms with Crippen molar-refractivity contribution in [3.63, 3.8) is 0 Å². The summed E-state index contributed by atoms with van der Waals surface area (Å²) < 4.78 is 18.5. The van der Waals surface area contributed by atoms with Gasteiger partial charge in [-0.25, -0.2) is 9.18 Å². The molecule has 1 amide bonds. The van der Waals surface area contributed by atoms with Crippen LogP contribution in [0.25, 0.3) is 0 Å². The lowest BCUT2D eigenvalue weighted by molar-refractivity contribution is -0.121.